The molecule has 0 atom stereocenters. The van der Waals surface area contributed by atoms with Gasteiger partial charge in [-0.3, -0.25) is 4.79 Å². The van der Waals surface area contributed by atoms with E-state index in [2.05, 4.69) is 15.4 Å². The molecule has 1 heterocycles. The molecule has 0 bridgehead atoms. The lowest BCUT2D eigenvalue weighted by atomic mass is 10.1. The van der Waals surface area contributed by atoms with Crippen LogP contribution in [0, 0.1) is 5.82 Å². The van der Waals surface area contributed by atoms with Crippen LogP contribution >= 0.6 is 0 Å². The van der Waals surface area contributed by atoms with Gasteiger partial charge in [0.2, 0.25) is 0 Å². The first-order chi connectivity index (χ1) is 8.63. The number of nitrogens with one attached hydrogen (secondary N) is 1. The number of primary amides is 1. The number of nitrogens with two attached hydrogens (primary N) is 1. The van der Waals surface area contributed by atoms with Crippen LogP contribution in [0.25, 0.3) is 11.3 Å². The minimum Gasteiger partial charge on any atom is -0.494 e. The topological polar surface area (TPSA) is 93.9 Å². The normalized spacial score (nSPS) is 10.3. The van der Waals surface area contributed by atoms with Crippen molar-refractivity contribution in [1.29, 1.82) is 0 Å². The second kappa shape index (κ2) is 4.82. The predicted molar refractivity (Wildman–Crippen MR) is 61.5 cm³/mol. The average molecular weight is 250 g/mol. The van der Waals surface area contributed by atoms with Crippen LogP contribution in [0.1, 0.15) is 17.4 Å². The van der Waals surface area contributed by atoms with Crippen molar-refractivity contribution in [3.8, 4) is 17.0 Å². The summed E-state index contributed by atoms with van der Waals surface area (Å²) in [6.07, 6.45) is 0. The number of halogens is 1. The zero-order chi connectivity index (χ0) is 13.1. The molecule has 0 saturated carbocycles. The minimum atomic E-state index is -0.771. The zero-order valence-electron chi connectivity index (χ0n) is 9.61. The monoisotopic (exact) mass is 250 g/mol. The summed E-state index contributed by atoms with van der Waals surface area (Å²) in [5.41, 5.74) is 5.24. The number of nitrogens with zero attached hydrogens (tertiary/aromatic N) is 2. The van der Waals surface area contributed by atoms with Gasteiger partial charge in [0, 0.05) is 11.6 Å². The van der Waals surface area contributed by atoms with Crippen molar-refractivity contribution in [2.75, 3.05) is 6.61 Å². The van der Waals surface area contributed by atoms with Gasteiger partial charge in [-0.05, 0) is 19.1 Å². The molecule has 94 valence electrons. The highest BCUT2D eigenvalue weighted by atomic mass is 19.1. The largest absolute Gasteiger partial charge is 0.494 e. The number of hydrogen-bond acceptors (Lipinski definition) is 4. The van der Waals surface area contributed by atoms with Crippen molar-refractivity contribution in [2.45, 2.75) is 6.92 Å². The molecule has 0 saturated heterocycles. The Hall–Kier alpha value is -2.44. The second-order valence-corrected chi connectivity index (χ2v) is 3.46. The Morgan fingerprint density at radius 3 is 2.89 bits per heavy atom. The lowest BCUT2D eigenvalue weighted by Gasteiger charge is -2.05. The predicted octanol–water partition coefficient (Wildman–Crippen LogP) is 1.11. The van der Waals surface area contributed by atoms with Crippen molar-refractivity contribution in [2.24, 2.45) is 5.73 Å². The average Bonchev–Trinajstić information content (AvgIpc) is 2.78. The molecule has 0 radical (unpaired) electrons. The van der Waals surface area contributed by atoms with Gasteiger partial charge in [-0.2, -0.15) is 15.4 Å². The zero-order valence-corrected chi connectivity index (χ0v) is 9.61. The number of hydrogen-bond donors (Lipinski definition) is 2. The fourth-order valence-electron chi connectivity index (χ4n) is 1.53. The maximum Gasteiger partial charge on any atom is 0.271 e. The van der Waals surface area contributed by atoms with Gasteiger partial charge >= 0.3 is 0 Å². The van der Waals surface area contributed by atoms with Gasteiger partial charge in [-0.25, -0.2) is 4.39 Å². The van der Waals surface area contributed by atoms with Crippen molar-refractivity contribution < 1.29 is 13.9 Å². The third-order valence-electron chi connectivity index (χ3n) is 2.29. The van der Waals surface area contributed by atoms with E-state index in [4.69, 9.17) is 10.5 Å². The van der Waals surface area contributed by atoms with Crippen LogP contribution in [0.15, 0.2) is 18.2 Å². The van der Waals surface area contributed by atoms with Gasteiger partial charge in [0.05, 0.1) is 6.61 Å². The van der Waals surface area contributed by atoms with Crippen LogP contribution in [0.5, 0.6) is 5.75 Å². The van der Waals surface area contributed by atoms with Crippen molar-refractivity contribution in [3.05, 3.63) is 29.7 Å². The first-order valence-electron chi connectivity index (χ1n) is 5.26. The molecular weight excluding hydrogens is 239 g/mol. The maximum absolute atomic E-state index is 13.9. The summed E-state index contributed by atoms with van der Waals surface area (Å²) in [6.45, 7) is 2.24. The Bertz CT molecular complexity index is 582. The smallest absolute Gasteiger partial charge is 0.271 e. The van der Waals surface area contributed by atoms with E-state index in [1.807, 2.05) is 0 Å². The van der Waals surface area contributed by atoms with Gasteiger partial charge in [0.15, 0.2) is 5.69 Å². The number of benzene rings is 1. The van der Waals surface area contributed by atoms with Gasteiger partial charge in [-0.15, -0.1) is 0 Å². The number of H-pyrrole nitrogens is 1. The molecule has 18 heavy (non-hydrogen) atoms. The first-order valence-corrected chi connectivity index (χ1v) is 5.26. The summed E-state index contributed by atoms with van der Waals surface area (Å²) >= 11 is 0. The SMILES string of the molecule is CCOc1ccc(-c2n[nH]nc2C(N)=O)c(F)c1. The number of ether oxygens (including phenoxy) is 1. The molecule has 0 aliphatic heterocycles. The Morgan fingerprint density at radius 1 is 1.50 bits per heavy atom. The number of amides is 1. The molecule has 2 aromatic rings. The number of aromatic amines is 1. The Kier molecular flexibility index (Phi) is 3.22. The molecule has 3 N–H and O–H groups in total. The Balaban J connectivity index is 2.45. The van der Waals surface area contributed by atoms with E-state index in [1.165, 1.54) is 12.1 Å². The molecule has 0 fully saturated rings. The van der Waals surface area contributed by atoms with E-state index in [9.17, 15) is 9.18 Å². The molecule has 0 aliphatic carbocycles. The van der Waals surface area contributed by atoms with E-state index >= 15 is 0 Å². The Labute approximate surface area is 102 Å². The van der Waals surface area contributed by atoms with Gasteiger partial charge in [-0.1, -0.05) is 0 Å². The molecule has 0 aliphatic rings. The number of carbonyl (C=O) groups excluding carboxylic acids is 1. The van der Waals surface area contributed by atoms with Crippen molar-refractivity contribution >= 4 is 5.91 Å². The van der Waals surface area contributed by atoms with E-state index in [-0.39, 0.29) is 17.0 Å². The van der Waals surface area contributed by atoms with Gasteiger partial charge in [0.25, 0.3) is 5.91 Å². The van der Waals surface area contributed by atoms with Crippen LogP contribution in [0.2, 0.25) is 0 Å². The summed E-state index contributed by atoms with van der Waals surface area (Å²) in [5, 5.41) is 9.56. The van der Waals surface area contributed by atoms with Crippen molar-refractivity contribution in [3.63, 3.8) is 0 Å². The fraction of sp³-hybridized carbons (Fsp3) is 0.182. The molecule has 1 aromatic heterocycles. The first kappa shape index (κ1) is 12.0. The van der Waals surface area contributed by atoms with Crippen LogP contribution in [-0.4, -0.2) is 27.9 Å². The maximum atomic E-state index is 13.9. The molecule has 7 heteroatoms. The highest BCUT2D eigenvalue weighted by molar-refractivity contribution is 5.96. The third-order valence-corrected chi connectivity index (χ3v) is 2.29. The second-order valence-electron chi connectivity index (χ2n) is 3.46. The van der Waals surface area contributed by atoms with Crippen LogP contribution < -0.4 is 10.5 Å². The van der Waals surface area contributed by atoms with Crippen molar-refractivity contribution in [1.82, 2.24) is 15.4 Å². The molecule has 0 spiro atoms. The Morgan fingerprint density at radius 2 is 2.28 bits per heavy atom. The molecular formula is C11H11FN4O2. The molecule has 1 amide bonds. The quantitative estimate of drug-likeness (QED) is 0.849. The van der Waals surface area contributed by atoms with E-state index in [0.29, 0.717) is 12.4 Å². The molecule has 6 nitrogen and oxygen atoms in total. The molecule has 0 unspecified atom stereocenters. The highest BCUT2D eigenvalue weighted by Gasteiger charge is 2.18. The standard InChI is InChI=1S/C11H11FN4O2/c1-2-18-6-3-4-7(8(12)5-6)9-10(11(13)17)15-16-14-9/h3-5H,2H2,1H3,(H2,13,17)(H,14,15,16). The minimum absolute atomic E-state index is 0.0862. The summed E-state index contributed by atoms with van der Waals surface area (Å²) in [7, 11) is 0. The summed E-state index contributed by atoms with van der Waals surface area (Å²) in [4.78, 5) is 11.1. The fourth-order valence-corrected chi connectivity index (χ4v) is 1.53. The van der Waals surface area contributed by atoms with E-state index in [0.717, 1.165) is 0 Å². The summed E-state index contributed by atoms with van der Waals surface area (Å²) in [5.74, 6) is -0.924. The lowest BCUT2D eigenvalue weighted by molar-refractivity contribution is 0.0996. The van der Waals surface area contributed by atoms with Crippen LogP contribution in [0.3, 0.4) is 0 Å². The number of carbonyl (C=O) groups is 1. The van der Waals surface area contributed by atoms with Crippen LogP contribution in [0.4, 0.5) is 4.39 Å². The molecule has 1 aromatic carbocycles. The highest BCUT2D eigenvalue weighted by Crippen LogP contribution is 2.26. The van der Waals surface area contributed by atoms with Gasteiger partial charge in [0.1, 0.15) is 17.3 Å². The van der Waals surface area contributed by atoms with E-state index < -0.39 is 11.7 Å². The summed E-state index contributed by atoms with van der Waals surface area (Å²) in [6, 6.07) is 4.27. The van der Waals surface area contributed by atoms with Gasteiger partial charge < -0.3 is 10.5 Å². The van der Waals surface area contributed by atoms with E-state index in [1.54, 1.807) is 13.0 Å². The lowest BCUT2D eigenvalue weighted by Crippen LogP contribution is -2.13. The number of aromatic nitrogens is 3. The van der Waals surface area contributed by atoms with Crippen LogP contribution in [-0.2, 0) is 0 Å². The molecule has 2 rings (SSSR count). The number of rotatable bonds is 4. The third kappa shape index (κ3) is 2.15. The summed E-state index contributed by atoms with van der Waals surface area (Å²) < 4.78 is 19.0.